The van der Waals surface area contributed by atoms with Crippen molar-refractivity contribution in [3.8, 4) is 50.9 Å². The van der Waals surface area contributed by atoms with Crippen LogP contribution in [0.25, 0.3) is 72.3 Å². The number of para-hydroxylation sites is 3. The van der Waals surface area contributed by atoms with Gasteiger partial charge in [0.1, 0.15) is 28.7 Å². The molecular formula is C56H49N4O+. The highest BCUT2D eigenvalue weighted by atomic mass is 16.5. The van der Waals surface area contributed by atoms with Gasteiger partial charge in [0.15, 0.2) is 11.0 Å². The van der Waals surface area contributed by atoms with Crippen molar-refractivity contribution in [2.75, 3.05) is 0 Å². The van der Waals surface area contributed by atoms with Crippen LogP contribution in [0.15, 0.2) is 188 Å². The number of benzene rings is 7. The lowest BCUT2D eigenvalue weighted by molar-refractivity contribution is -0.566. The molecular weight excluding hydrogens is 745 g/mol. The van der Waals surface area contributed by atoms with Gasteiger partial charge in [0, 0.05) is 40.2 Å². The van der Waals surface area contributed by atoms with E-state index in [2.05, 4.69) is 55.7 Å². The van der Waals surface area contributed by atoms with Gasteiger partial charge < -0.3 is 4.74 Å². The van der Waals surface area contributed by atoms with Crippen molar-refractivity contribution in [3.63, 3.8) is 0 Å². The van der Waals surface area contributed by atoms with E-state index < -0.39 is 65.8 Å². The number of pyridine rings is 1. The molecule has 3 heterocycles. The Labute approximate surface area is 371 Å². The minimum Gasteiger partial charge on any atom is -0.457 e. The van der Waals surface area contributed by atoms with Gasteiger partial charge in [0.2, 0.25) is 0 Å². The Bertz CT molecular complexity index is 3700. The number of nitrogens with zero attached hydrogens (tertiary/aromatic N) is 4. The zero-order valence-electron chi connectivity index (χ0n) is 44.8. The predicted molar refractivity (Wildman–Crippen MR) is 252 cm³/mol. The van der Waals surface area contributed by atoms with Crippen LogP contribution >= 0.6 is 0 Å². The molecule has 3 aromatic heterocycles. The summed E-state index contributed by atoms with van der Waals surface area (Å²) in [5.41, 5.74) is 5.56. The van der Waals surface area contributed by atoms with E-state index in [4.69, 9.17) is 17.9 Å². The second-order valence-electron chi connectivity index (χ2n) is 17.3. The van der Waals surface area contributed by atoms with Crippen LogP contribution < -0.4 is 9.30 Å². The number of imidazole rings is 1. The first-order chi connectivity index (χ1) is 33.6. The van der Waals surface area contributed by atoms with Gasteiger partial charge in [-0.1, -0.05) is 138 Å². The predicted octanol–water partition coefficient (Wildman–Crippen LogP) is 14.1. The molecule has 0 N–H and O–H groups in total. The van der Waals surface area contributed by atoms with E-state index in [0.717, 1.165) is 33.2 Å². The van der Waals surface area contributed by atoms with Gasteiger partial charge in [-0.15, -0.1) is 0 Å². The van der Waals surface area contributed by atoms with Gasteiger partial charge >= 0.3 is 0 Å². The lowest BCUT2D eigenvalue weighted by Gasteiger charge is -2.23. The molecule has 0 spiro atoms. The molecule has 5 heteroatoms. The molecule has 298 valence electrons. The number of rotatable bonds is 7. The molecule has 0 aliphatic heterocycles. The maximum atomic E-state index is 9.23. The molecule has 0 saturated heterocycles. The van der Waals surface area contributed by atoms with Gasteiger partial charge in [-0.05, 0) is 99.8 Å². The molecule has 0 amide bonds. The van der Waals surface area contributed by atoms with Crippen LogP contribution in [0.5, 0.6) is 11.5 Å². The fourth-order valence-corrected chi connectivity index (χ4v) is 8.07. The van der Waals surface area contributed by atoms with E-state index in [0.29, 0.717) is 33.8 Å². The zero-order valence-corrected chi connectivity index (χ0v) is 34.8. The number of hydrogen-bond acceptors (Lipinski definition) is 2. The molecule has 61 heavy (non-hydrogen) atoms. The zero-order chi connectivity index (χ0) is 50.6. The van der Waals surface area contributed by atoms with E-state index in [9.17, 15) is 5.48 Å². The molecule has 0 aliphatic rings. The van der Waals surface area contributed by atoms with Crippen molar-refractivity contribution in [2.24, 2.45) is 0 Å². The highest BCUT2D eigenvalue weighted by Gasteiger charge is 2.28. The molecule has 7 aromatic carbocycles. The second kappa shape index (κ2) is 14.8. The Hall–Kier alpha value is -7.24. The van der Waals surface area contributed by atoms with Gasteiger partial charge in [-0.2, -0.15) is 9.13 Å². The molecule has 0 aliphatic carbocycles. The average molecular weight is 804 g/mol. The van der Waals surface area contributed by atoms with Crippen molar-refractivity contribution < 1.29 is 23.0 Å². The van der Waals surface area contributed by atoms with Gasteiger partial charge in [-0.3, -0.25) is 4.57 Å². The fourth-order valence-electron chi connectivity index (χ4n) is 8.07. The number of fused-ring (bicyclic) bond motifs is 4. The summed E-state index contributed by atoms with van der Waals surface area (Å²) >= 11 is 0. The minimum atomic E-state index is -0.614. The summed E-state index contributed by atoms with van der Waals surface area (Å²) in [6.07, 6.45) is 3.65. The molecule has 5 nitrogen and oxygen atoms in total. The van der Waals surface area contributed by atoms with Crippen molar-refractivity contribution in [1.82, 2.24) is 14.1 Å². The summed E-state index contributed by atoms with van der Waals surface area (Å²) in [5, 5.41) is 2.14. The highest BCUT2D eigenvalue weighted by molar-refractivity contribution is 6.09. The van der Waals surface area contributed by atoms with Crippen LogP contribution in [-0.4, -0.2) is 14.1 Å². The first-order valence-electron chi connectivity index (χ1n) is 25.3. The quantitative estimate of drug-likeness (QED) is 0.150. The fraction of sp³-hybridized carbons (Fsp3) is 0.143. The maximum absolute atomic E-state index is 9.23. The molecule has 0 saturated carbocycles. The molecule has 0 unspecified atom stereocenters. The third-order valence-corrected chi connectivity index (χ3v) is 11.2. The smallest absolute Gasteiger partial charge is 0.255 e. The summed E-state index contributed by atoms with van der Waals surface area (Å²) in [5.74, 6) is 1.94. The Morgan fingerprint density at radius 2 is 1.18 bits per heavy atom. The molecule has 0 fully saturated rings. The normalized spacial score (nSPS) is 14.4. The standard InChI is InChI=1S/C56H49N4O/c1-55(2,3)40-30-31-57-53(34-40)60-49-25-14-13-24-45(49)46-29-28-44(36-52(46)60)61-43-23-17-22-42(35-43)58-37-59(51-27-16-15-26-50(51)58)54-47(38-18-9-7-10-19-38)32-41(56(4,5)6)33-48(54)39-20-11-8-12-21-39/h7-37H,1-6H3/q+1/i7D,8D,9D,10D,11D,12D,18D,19D,20D,21D. The summed E-state index contributed by atoms with van der Waals surface area (Å²) in [4.78, 5) is 4.83. The molecule has 0 radical (unpaired) electrons. The van der Waals surface area contributed by atoms with Crippen LogP contribution in [0.3, 0.4) is 0 Å². The van der Waals surface area contributed by atoms with Crippen molar-refractivity contribution in [2.45, 2.75) is 52.4 Å². The average Bonchev–Trinajstić information content (AvgIpc) is 3.89. The van der Waals surface area contributed by atoms with E-state index in [-0.39, 0.29) is 33.4 Å². The van der Waals surface area contributed by atoms with Crippen LogP contribution in [0.2, 0.25) is 0 Å². The largest absolute Gasteiger partial charge is 0.457 e. The Kier molecular flexibility index (Phi) is 6.85. The topological polar surface area (TPSA) is 35.9 Å². The lowest BCUT2D eigenvalue weighted by atomic mass is 9.82. The number of ether oxygens (including phenoxy) is 1. The maximum Gasteiger partial charge on any atom is 0.255 e. The van der Waals surface area contributed by atoms with Crippen molar-refractivity contribution in [1.29, 1.82) is 0 Å². The number of hydrogen-bond donors (Lipinski definition) is 0. The van der Waals surface area contributed by atoms with Crippen LogP contribution in [0.1, 0.15) is 66.4 Å². The monoisotopic (exact) mass is 803 g/mol. The van der Waals surface area contributed by atoms with Gasteiger partial charge in [0.05, 0.1) is 24.7 Å². The lowest BCUT2D eigenvalue weighted by Crippen LogP contribution is -2.31. The van der Waals surface area contributed by atoms with Gasteiger partial charge in [-0.25, -0.2) is 4.98 Å². The van der Waals surface area contributed by atoms with Crippen LogP contribution in [0.4, 0.5) is 0 Å². The van der Waals surface area contributed by atoms with E-state index in [1.807, 2.05) is 104 Å². The molecule has 10 rings (SSSR count). The second-order valence-corrected chi connectivity index (χ2v) is 17.3. The van der Waals surface area contributed by atoms with Crippen molar-refractivity contribution in [3.05, 3.63) is 199 Å². The third kappa shape index (κ3) is 6.96. The molecule has 10 aromatic rings. The summed E-state index contributed by atoms with van der Waals surface area (Å²) in [7, 11) is 0. The minimum absolute atomic E-state index is 0.0871. The van der Waals surface area contributed by atoms with Crippen molar-refractivity contribution >= 4 is 32.8 Å². The number of aromatic nitrogens is 4. The first-order valence-corrected chi connectivity index (χ1v) is 20.3. The van der Waals surface area contributed by atoms with E-state index in [1.165, 1.54) is 0 Å². The van der Waals surface area contributed by atoms with E-state index >= 15 is 0 Å². The van der Waals surface area contributed by atoms with Crippen LogP contribution in [-0.2, 0) is 10.8 Å². The molecule has 0 atom stereocenters. The summed E-state index contributed by atoms with van der Waals surface area (Å²) in [6, 6.07) is 32.1. The van der Waals surface area contributed by atoms with E-state index in [1.54, 1.807) is 23.0 Å². The summed E-state index contributed by atoms with van der Waals surface area (Å²) in [6.45, 7) is 12.4. The third-order valence-electron chi connectivity index (χ3n) is 11.2. The van der Waals surface area contributed by atoms with Gasteiger partial charge in [0.25, 0.3) is 6.33 Å². The Morgan fingerprint density at radius 3 is 1.87 bits per heavy atom. The Morgan fingerprint density at radius 1 is 0.557 bits per heavy atom. The van der Waals surface area contributed by atoms with Crippen LogP contribution in [0, 0.1) is 0 Å². The molecule has 0 bridgehead atoms. The highest BCUT2D eigenvalue weighted by Crippen LogP contribution is 2.40. The SMILES string of the molecule is [2H]c1c([2H])c([2H])c(-c2cc(C(C)(C)C)cc(-c3c([2H])c([2H])c([2H])c([2H])c3[2H])c2-[n+]2cn(-c3cccc(Oc4ccc5c6ccccc6n(-c6cc(C(C)(C)C)ccn6)c5c4)c3)c3ccccc32)c([2H])c1[2H]. The first kappa shape index (κ1) is 28.3. The Balaban J connectivity index is 1.18. The summed E-state index contributed by atoms with van der Waals surface area (Å²) < 4.78 is 101.